The average Bonchev–Trinajstić information content (AvgIpc) is 3.17. The van der Waals surface area contributed by atoms with Gasteiger partial charge in [-0.05, 0) is 37.8 Å². The van der Waals surface area contributed by atoms with Crippen molar-refractivity contribution in [1.29, 1.82) is 0 Å². The third-order valence-corrected chi connectivity index (χ3v) is 4.95. The third-order valence-electron chi connectivity index (χ3n) is 4.95. The number of carbonyl (C=O) groups is 2. The molecule has 0 atom stereocenters. The predicted molar refractivity (Wildman–Crippen MR) is 85.7 cm³/mol. The molecular weight excluding hydrogens is 294 g/mol. The summed E-state index contributed by atoms with van der Waals surface area (Å²) in [6, 6.07) is 3.64. The van der Waals surface area contributed by atoms with Gasteiger partial charge in [0.05, 0.1) is 12.8 Å². The van der Waals surface area contributed by atoms with E-state index < -0.39 is 5.54 Å². The monoisotopic (exact) mass is 317 g/mol. The molecule has 1 fully saturated rings. The van der Waals surface area contributed by atoms with Gasteiger partial charge in [-0.25, -0.2) is 0 Å². The largest absolute Gasteiger partial charge is 0.467 e. The fourth-order valence-electron chi connectivity index (χ4n) is 3.53. The van der Waals surface area contributed by atoms with Gasteiger partial charge in [-0.1, -0.05) is 6.92 Å². The van der Waals surface area contributed by atoms with Crippen molar-refractivity contribution in [2.45, 2.75) is 51.1 Å². The summed E-state index contributed by atoms with van der Waals surface area (Å²) >= 11 is 0. The molecule has 1 aromatic rings. The van der Waals surface area contributed by atoms with Crippen LogP contribution in [0.5, 0.6) is 0 Å². The van der Waals surface area contributed by atoms with Crippen LogP contribution in [0.3, 0.4) is 0 Å². The highest BCUT2D eigenvalue weighted by atomic mass is 16.3. The summed E-state index contributed by atoms with van der Waals surface area (Å²) in [5, 5.41) is 2.91. The normalized spacial score (nSPS) is 27.4. The summed E-state index contributed by atoms with van der Waals surface area (Å²) in [4.78, 5) is 31.2. The first-order valence-electron chi connectivity index (χ1n) is 8.23. The van der Waals surface area contributed by atoms with Crippen molar-refractivity contribution in [3.63, 3.8) is 0 Å². The maximum Gasteiger partial charge on any atom is 0.255 e. The lowest BCUT2D eigenvalue weighted by Crippen LogP contribution is -2.45. The zero-order chi connectivity index (χ0) is 16.4. The molecule has 6 heteroatoms. The Morgan fingerprint density at radius 3 is 2.78 bits per heavy atom. The standard InChI is InChI=1S/C17H23N3O3/c1-3-14-19-17(16(22)20(14)2)8-6-12(7-9-17)15(21)18-11-13-5-4-10-23-13/h4-5,10,12H,3,6-9,11H2,1-2H3,(H,18,21). The number of carbonyl (C=O) groups excluding carboxylic acids is 2. The molecule has 2 amide bonds. The molecule has 23 heavy (non-hydrogen) atoms. The van der Waals surface area contributed by atoms with Crippen molar-refractivity contribution in [2.75, 3.05) is 7.05 Å². The van der Waals surface area contributed by atoms with Gasteiger partial charge in [-0.3, -0.25) is 14.6 Å². The maximum atomic E-state index is 12.5. The van der Waals surface area contributed by atoms with E-state index in [1.807, 2.05) is 13.0 Å². The van der Waals surface area contributed by atoms with Crippen LogP contribution in [-0.2, 0) is 16.1 Å². The Kier molecular flexibility index (Phi) is 4.24. The van der Waals surface area contributed by atoms with Crippen LogP contribution in [0.15, 0.2) is 27.8 Å². The van der Waals surface area contributed by atoms with E-state index >= 15 is 0 Å². The molecule has 3 rings (SSSR count). The number of furan rings is 1. The first-order valence-corrected chi connectivity index (χ1v) is 8.23. The number of rotatable bonds is 4. The van der Waals surface area contributed by atoms with Crippen molar-refractivity contribution in [1.82, 2.24) is 10.2 Å². The molecule has 2 heterocycles. The molecule has 1 spiro atoms. The molecule has 0 radical (unpaired) electrons. The van der Waals surface area contributed by atoms with Crippen molar-refractivity contribution >= 4 is 17.6 Å². The van der Waals surface area contributed by atoms with Crippen LogP contribution in [0, 0.1) is 5.92 Å². The highest BCUT2D eigenvalue weighted by Crippen LogP contribution is 2.39. The predicted octanol–water partition coefficient (Wildman–Crippen LogP) is 2.11. The molecule has 1 N–H and O–H groups in total. The molecule has 1 aliphatic carbocycles. The number of amidine groups is 1. The second-order valence-corrected chi connectivity index (χ2v) is 6.35. The van der Waals surface area contributed by atoms with E-state index in [4.69, 9.17) is 4.42 Å². The van der Waals surface area contributed by atoms with E-state index in [1.54, 1.807) is 24.3 Å². The van der Waals surface area contributed by atoms with Gasteiger partial charge in [-0.2, -0.15) is 0 Å². The number of nitrogens with one attached hydrogen (secondary N) is 1. The van der Waals surface area contributed by atoms with Gasteiger partial charge in [-0.15, -0.1) is 0 Å². The number of hydrogen-bond acceptors (Lipinski definition) is 4. The molecule has 1 saturated carbocycles. The summed E-state index contributed by atoms with van der Waals surface area (Å²) in [7, 11) is 1.79. The van der Waals surface area contributed by atoms with Crippen LogP contribution >= 0.6 is 0 Å². The summed E-state index contributed by atoms with van der Waals surface area (Å²) in [5.74, 6) is 1.68. The number of amides is 2. The highest BCUT2D eigenvalue weighted by molar-refractivity contribution is 6.08. The number of likely N-dealkylation sites (N-methyl/N-ethyl adjacent to an activating group) is 1. The maximum absolute atomic E-state index is 12.5. The van der Waals surface area contributed by atoms with Gasteiger partial charge in [0.25, 0.3) is 5.91 Å². The van der Waals surface area contributed by atoms with E-state index in [0.29, 0.717) is 32.2 Å². The van der Waals surface area contributed by atoms with Crippen molar-refractivity contribution < 1.29 is 14.0 Å². The zero-order valence-electron chi connectivity index (χ0n) is 13.7. The summed E-state index contributed by atoms with van der Waals surface area (Å²) in [6.45, 7) is 2.42. The van der Waals surface area contributed by atoms with Crippen LogP contribution < -0.4 is 5.32 Å². The third kappa shape index (κ3) is 2.90. The van der Waals surface area contributed by atoms with Gasteiger partial charge in [0.1, 0.15) is 17.1 Å². The van der Waals surface area contributed by atoms with E-state index in [2.05, 4.69) is 10.3 Å². The van der Waals surface area contributed by atoms with Gasteiger partial charge in [0.15, 0.2) is 0 Å². The molecule has 0 unspecified atom stereocenters. The number of aliphatic imine (C=N–C) groups is 1. The Hall–Kier alpha value is -2.11. The smallest absolute Gasteiger partial charge is 0.255 e. The molecule has 1 aromatic heterocycles. The second-order valence-electron chi connectivity index (χ2n) is 6.35. The Morgan fingerprint density at radius 1 is 1.48 bits per heavy atom. The first kappa shape index (κ1) is 15.8. The molecule has 2 aliphatic rings. The van der Waals surface area contributed by atoms with Crippen LogP contribution in [0.2, 0.25) is 0 Å². The van der Waals surface area contributed by atoms with Gasteiger partial charge in [0, 0.05) is 19.4 Å². The lowest BCUT2D eigenvalue weighted by molar-refractivity contribution is -0.134. The fraction of sp³-hybridized carbons (Fsp3) is 0.588. The minimum Gasteiger partial charge on any atom is -0.467 e. The highest BCUT2D eigenvalue weighted by Gasteiger charge is 2.48. The molecule has 0 aromatic carbocycles. The quantitative estimate of drug-likeness (QED) is 0.924. The van der Waals surface area contributed by atoms with Crippen LogP contribution in [0.1, 0.15) is 44.8 Å². The van der Waals surface area contributed by atoms with Crippen molar-refractivity contribution in [3.05, 3.63) is 24.2 Å². The first-order chi connectivity index (χ1) is 11.1. The molecule has 6 nitrogen and oxygen atoms in total. The Labute approximate surface area is 135 Å². The Balaban J connectivity index is 1.57. The lowest BCUT2D eigenvalue weighted by Gasteiger charge is -2.32. The van der Waals surface area contributed by atoms with Crippen molar-refractivity contribution in [2.24, 2.45) is 10.9 Å². The molecule has 1 aliphatic heterocycles. The van der Waals surface area contributed by atoms with Gasteiger partial charge in [0.2, 0.25) is 5.91 Å². The van der Waals surface area contributed by atoms with E-state index in [-0.39, 0.29) is 17.7 Å². The van der Waals surface area contributed by atoms with Crippen LogP contribution in [-0.4, -0.2) is 35.1 Å². The molecule has 124 valence electrons. The zero-order valence-corrected chi connectivity index (χ0v) is 13.7. The lowest BCUT2D eigenvalue weighted by atomic mass is 9.76. The molecule has 0 bridgehead atoms. The minimum absolute atomic E-state index is 0.0368. The summed E-state index contributed by atoms with van der Waals surface area (Å²) in [5.41, 5.74) is -0.613. The minimum atomic E-state index is -0.613. The van der Waals surface area contributed by atoms with E-state index in [9.17, 15) is 9.59 Å². The fourth-order valence-corrected chi connectivity index (χ4v) is 3.53. The SMILES string of the molecule is CCC1=NC2(CCC(C(=O)NCc3ccco3)CC2)C(=O)N1C. The van der Waals surface area contributed by atoms with Crippen molar-refractivity contribution in [3.8, 4) is 0 Å². The van der Waals surface area contributed by atoms with Crippen LogP contribution in [0.25, 0.3) is 0 Å². The van der Waals surface area contributed by atoms with Gasteiger partial charge >= 0.3 is 0 Å². The average molecular weight is 317 g/mol. The summed E-state index contributed by atoms with van der Waals surface area (Å²) < 4.78 is 5.21. The number of hydrogen-bond donors (Lipinski definition) is 1. The Bertz CT molecular complexity index is 613. The molecule has 0 saturated heterocycles. The summed E-state index contributed by atoms with van der Waals surface area (Å²) in [6.07, 6.45) is 5.06. The van der Waals surface area contributed by atoms with E-state index in [0.717, 1.165) is 18.0 Å². The number of nitrogens with zero attached hydrogens (tertiary/aromatic N) is 2. The molecular formula is C17H23N3O3. The topological polar surface area (TPSA) is 74.9 Å². The second kappa shape index (κ2) is 6.18. The Morgan fingerprint density at radius 2 is 2.22 bits per heavy atom. The van der Waals surface area contributed by atoms with Gasteiger partial charge < -0.3 is 14.6 Å². The van der Waals surface area contributed by atoms with Crippen LogP contribution in [0.4, 0.5) is 0 Å². The van der Waals surface area contributed by atoms with E-state index in [1.165, 1.54) is 0 Å².